The lowest BCUT2D eigenvalue weighted by atomic mass is 9.79. The van der Waals surface area contributed by atoms with Crippen molar-refractivity contribution < 1.29 is 9.90 Å². The third kappa shape index (κ3) is 2.32. The Kier molecular flexibility index (Phi) is 4.19. The monoisotopic (exact) mass is 261 g/mol. The molecule has 0 bridgehead atoms. The molecule has 1 unspecified atom stereocenters. The van der Waals surface area contributed by atoms with E-state index >= 15 is 0 Å². The molecule has 0 heterocycles. The van der Waals surface area contributed by atoms with Gasteiger partial charge in [-0.05, 0) is 32.0 Å². The van der Waals surface area contributed by atoms with Crippen LogP contribution < -0.4 is 5.73 Å². The lowest BCUT2D eigenvalue weighted by Crippen LogP contribution is -2.35. The van der Waals surface area contributed by atoms with E-state index in [4.69, 9.17) is 28.9 Å². The molecule has 0 aliphatic carbocycles. The number of rotatable bonds is 4. The summed E-state index contributed by atoms with van der Waals surface area (Å²) in [4.78, 5) is 11.3. The normalized spacial score (nSPS) is 14.5. The quantitative estimate of drug-likeness (QED) is 0.876. The second kappa shape index (κ2) is 5.04. The zero-order valence-electron chi connectivity index (χ0n) is 8.84. The molecule has 0 saturated heterocycles. The Balaban J connectivity index is 3.37. The maximum atomic E-state index is 11.3. The number of carboxylic acid groups (broad SMARTS) is 1. The summed E-state index contributed by atoms with van der Waals surface area (Å²) in [7, 11) is 0. The highest BCUT2D eigenvalue weighted by Crippen LogP contribution is 2.38. The summed E-state index contributed by atoms with van der Waals surface area (Å²) < 4.78 is 0. The van der Waals surface area contributed by atoms with Crippen molar-refractivity contribution >= 4 is 29.2 Å². The van der Waals surface area contributed by atoms with Gasteiger partial charge >= 0.3 is 5.97 Å². The molecule has 0 aliphatic heterocycles. The second-order valence-electron chi connectivity index (χ2n) is 3.77. The molecule has 0 amide bonds. The maximum Gasteiger partial charge on any atom is 0.313 e. The Morgan fingerprint density at radius 3 is 2.31 bits per heavy atom. The maximum absolute atomic E-state index is 11.3. The number of benzene rings is 1. The van der Waals surface area contributed by atoms with Crippen LogP contribution in [0.5, 0.6) is 0 Å². The number of carboxylic acids is 1. The Hall–Kier alpha value is -0.770. The predicted octanol–water partition coefficient (Wildman–Crippen LogP) is 2.68. The molecule has 5 heteroatoms. The molecule has 3 N–H and O–H groups in total. The van der Waals surface area contributed by atoms with Crippen molar-refractivity contribution in [2.75, 3.05) is 6.54 Å². The number of hydrogen-bond donors (Lipinski definition) is 2. The lowest BCUT2D eigenvalue weighted by Gasteiger charge is -2.26. The molecule has 1 rings (SSSR count). The van der Waals surface area contributed by atoms with Gasteiger partial charge in [-0.3, -0.25) is 4.79 Å². The first-order valence-corrected chi connectivity index (χ1v) is 5.57. The fourth-order valence-corrected chi connectivity index (χ4v) is 2.47. The van der Waals surface area contributed by atoms with Gasteiger partial charge in [-0.2, -0.15) is 0 Å². The van der Waals surface area contributed by atoms with Gasteiger partial charge in [0.1, 0.15) is 0 Å². The van der Waals surface area contributed by atoms with E-state index in [-0.39, 0.29) is 13.0 Å². The van der Waals surface area contributed by atoms with E-state index in [1.165, 1.54) is 0 Å². The fourth-order valence-electron chi connectivity index (χ4n) is 1.65. The molecular formula is C11H13Cl2NO2. The van der Waals surface area contributed by atoms with Crippen LogP contribution in [0.25, 0.3) is 0 Å². The third-order valence-corrected chi connectivity index (χ3v) is 3.26. The molecule has 0 aliphatic rings. The molecule has 88 valence electrons. The van der Waals surface area contributed by atoms with Crippen LogP contribution >= 0.6 is 23.2 Å². The zero-order valence-corrected chi connectivity index (χ0v) is 10.3. The van der Waals surface area contributed by atoms with E-state index < -0.39 is 11.4 Å². The van der Waals surface area contributed by atoms with Crippen molar-refractivity contribution in [3.8, 4) is 0 Å². The first-order chi connectivity index (χ1) is 7.43. The van der Waals surface area contributed by atoms with Gasteiger partial charge in [0, 0.05) is 15.6 Å². The molecule has 3 nitrogen and oxygen atoms in total. The largest absolute Gasteiger partial charge is 0.481 e. The van der Waals surface area contributed by atoms with E-state index in [0.29, 0.717) is 15.6 Å². The van der Waals surface area contributed by atoms with Crippen molar-refractivity contribution in [2.24, 2.45) is 5.73 Å². The van der Waals surface area contributed by atoms with Gasteiger partial charge in [-0.25, -0.2) is 0 Å². The molecule has 16 heavy (non-hydrogen) atoms. The average Bonchev–Trinajstić information content (AvgIpc) is 2.17. The Labute approximate surface area is 104 Å². The van der Waals surface area contributed by atoms with Crippen molar-refractivity contribution in [3.05, 3.63) is 33.8 Å². The molecule has 0 saturated carbocycles. The van der Waals surface area contributed by atoms with Gasteiger partial charge in [-0.15, -0.1) is 0 Å². The summed E-state index contributed by atoms with van der Waals surface area (Å²) in [5.74, 6) is -0.979. The number of carbonyl (C=O) groups is 1. The van der Waals surface area contributed by atoms with Gasteiger partial charge in [0.25, 0.3) is 0 Å². The third-order valence-electron chi connectivity index (χ3n) is 2.63. The summed E-state index contributed by atoms with van der Waals surface area (Å²) in [6.07, 6.45) is 0.284. The van der Waals surface area contributed by atoms with Crippen LogP contribution in [0.3, 0.4) is 0 Å². The van der Waals surface area contributed by atoms with Gasteiger partial charge in [0.05, 0.1) is 5.41 Å². The van der Waals surface area contributed by atoms with Crippen LogP contribution in [0.1, 0.15) is 18.9 Å². The van der Waals surface area contributed by atoms with Crippen LogP contribution in [0.2, 0.25) is 10.0 Å². The SMILES string of the molecule is CC(CCN)(C(=O)O)c1c(Cl)cccc1Cl. The van der Waals surface area contributed by atoms with Crippen LogP contribution in [-0.4, -0.2) is 17.6 Å². The van der Waals surface area contributed by atoms with Crippen LogP contribution in [-0.2, 0) is 10.2 Å². The summed E-state index contributed by atoms with van der Waals surface area (Å²) in [5.41, 5.74) is 4.72. The predicted molar refractivity (Wildman–Crippen MR) is 65.1 cm³/mol. The minimum Gasteiger partial charge on any atom is -0.481 e. The van der Waals surface area contributed by atoms with E-state index in [2.05, 4.69) is 0 Å². The number of aliphatic carboxylic acids is 1. The number of hydrogen-bond acceptors (Lipinski definition) is 2. The van der Waals surface area contributed by atoms with Crippen molar-refractivity contribution in [2.45, 2.75) is 18.8 Å². The molecule has 1 aromatic rings. The molecule has 0 spiro atoms. The highest BCUT2D eigenvalue weighted by Gasteiger charge is 2.37. The van der Waals surface area contributed by atoms with Gasteiger partial charge in [0.2, 0.25) is 0 Å². The molecule has 0 radical (unpaired) electrons. The second-order valence-corrected chi connectivity index (χ2v) is 4.59. The fraction of sp³-hybridized carbons (Fsp3) is 0.364. The molecule has 0 fully saturated rings. The summed E-state index contributed by atoms with van der Waals surface area (Å²) in [6, 6.07) is 4.93. The standard InChI is InChI=1S/C11H13Cl2NO2/c1-11(5-6-14,10(15)16)9-7(12)3-2-4-8(9)13/h2-4H,5-6,14H2,1H3,(H,15,16). The van der Waals surface area contributed by atoms with Crippen LogP contribution in [0.4, 0.5) is 0 Å². The smallest absolute Gasteiger partial charge is 0.313 e. The molecule has 1 aromatic carbocycles. The highest BCUT2D eigenvalue weighted by atomic mass is 35.5. The van der Waals surface area contributed by atoms with E-state index in [1.807, 2.05) is 0 Å². The Bertz CT molecular complexity index is 389. The topological polar surface area (TPSA) is 63.3 Å². The minimum atomic E-state index is -1.15. The van der Waals surface area contributed by atoms with E-state index in [0.717, 1.165) is 0 Å². The van der Waals surface area contributed by atoms with Crippen molar-refractivity contribution in [1.82, 2.24) is 0 Å². The van der Waals surface area contributed by atoms with E-state index in [1.54, 1.807) is 25.1 Å². The Morgan fingerprint density at radius 1 is 1.44 bits per heavy atom. The minimum absolute atomic E-state index is 0.254. The number of nitrogens with two attached hydrogens (primary N) is 1. The van der Waals surface area contributed by atoms with E-state index in [9.17, 15) is 9.90 Å². The Morgan fingerprint density at radius 2 is 1.94 bits per heavy atom. The summed E-state index contributed by atoms with van der Waals surface area (Å²) >= 11 is 12.0. The molecular weight excluding hydrogens is 249 g/mol. The number of halogens is 2. The van der Waals surface area contributed by atoms with Gasteiger partial charge in [0.15, 0.2) is 0 Å². The molecule has 0 aromatic heterocycles. The highest BCUT2D eigenvalue weighted by molar-refractivity contribution is 6.36. The zero-order chi connectivity index (χ0) is 12.3. The van der Waals surface area contributed by atoms with Gasteiger partial charge < -0.3 is 10.8 Å². The van der Waals surface area contributed by atoms with Crippen LogP contribution in [0, 0.1) is 0 Å². The summed E-state index contributed by atoms with van der Waals surface area (Å²) in [6.45, 7) is 1.83. The molecule has 1 atom stereocenters. The van der Waals surface area contributed by atoms with Crippen LogP contribution in [0.15, 0.2) is 18.2 Å². The lowest BCUT2D eigenvalue weighted by molar-refractivity contribution is -0.143. The van der Waals surface area contributed by atoms with Gasteiger partial charge in [-0.1, -0.05) is 29.3 Å². The average molecular weight is 262 g/mol. The first kappa shape index (κ1) is 13.3. The first-order valence-electron chi connectivity index (χ1n) is 4.81. The van der Waals surface area contributed by atoms with Crippen molar-refractivity contribution in [3.63, 3.8) is 0 Å². The van der Waals surface area contributed by atoms with Crippen molar-refractivity contribution in [1.29, 1.82) is 0 Å². The summed E-state index contributed by atoms with van der Waals surface area (Å²) in [5, 5.41) is 10.00.